The molecule has 2 amide bonds. The summed E-state index contributed by atoms with van der Waals surface area (Å²) in [6, 6.07) is 4.84. The van der Waals surface area contributed by atoms with Crippen LogP contribution in [0.2, 0.25) is 0 Å². The predicted molar refractivity (Wildman–Crippen MR) is 119 cm³/mol. The van der Waals surface area contributed by atoms with Gasteiger partial charge in [-0.1, -0.05) is 40.7 Å². The summed E-state index contributed by atoms with van der Waals surface area (Å²) < 4.78 is 27.0. The van der Waals surface area contributed by atoms with Gasteiger partial charge in [0.1, 0.15) is 0 Å². The summed E-state index contributed by atoms with van der Waals surface area (Å²) in [5.41, 5.74) is 0.895. The first-order chi connectivity index (χ1) is 13.9. The minimum Gasteiger partial charge on any atom is -0.342 e. The van der Waals surface area contributed by atoms with E-state index in [1.807, 2.05) is 32.6 Å². The van der Waals surface area contributed by atoms with E-state index in [1.165, 1.54) is 4.31 Å². The Morgan fingerprint density at radius 3 is 2.20 bits per heavy atom. The van der Waals surface area contributed by atoms with E-state index in [4.69, 9.17) is 0 Å². The zero-order chi connectivity index (χ0) is 22.7. The largest absolute Gasteiger partial charge is 0.342 e. The van der Waals surface area contributed by atoms with Crippen molar-refractivity contribution in [2.45, 2.75) is 59.3 Å². The number of aryl methyl sites for hydroxylation is 1. The average Bonchev–Trinajstić information content (AvgIpc) is 2.69. The fourth-order valence-corrected chi connectivity index (χ4v) is 5.15. The van der Waals surface area contributed by atoms with E-state index in [2.05, 4.69) is 5.32 Å². The fraction of sp³-hybridized carbons (Fsp3) is 0.636. The van der Waals surface area contributed by atoms with Gasteiger partial charge in [-0.3, -0.25) is 9.59 Å². The number of nitrogens with zero attached hydrogens (tertiary/aromatic N) is 2. The second kappa shape index (κ2) is 9.47. The van der Waals surface area contributed by atoms with Crippen molar-refractivity contribution < 1.29 is 18.0 Å². The van der Waals surface area contributed by atoms with Gasteiger partial charge in [0.05, 0.1) is 4.90 Å². The number of carbonyl (C=O) groups excluding carboxylic acids is 2. The number of piperidine rings is 1. The molecule has 1 aromatic carbocycles. The second-order valence-corrected chi connectivity index (χ2v) is 10.8. The molecule has 30 heavy (non-hydrogen) atoms. The lowest BCUT2D eigenvalue weighted by Crippen LogP contribution is -2.45. The Hall–Kier alpha value is -1.93. The maximum absolute atomic E-state index is 12.8. The zero-order valence-electron chi connectivity index (χ0n) is 19.0. The van der Waals surface area contributed by atoms with Crippen LogP contribution in [-0.4, -0.2) is 55.6 Å². The van der Waals surface area contributed by atoms with Crippen LogP contribution in [0.15, 0.2) is 23.1 Å². The van der Waals surface area contributed by atoms with Crippen molar-refractivity contribution >= 4 is 27.5 Å². The topological polar surface area (TPSA) is 86.8 Å². The molecule has 0 unspecified atom stereocenters. The normalized spacial score (nSPS) is 16.0. The molecule has 2 rings (SSSR count). The third kappa shape index (κ3) is 5.40. The third-order valence-corrected chi connectivity index (χ3v) is 7.65. The van der Waals surface area contributed by atoms with Crippen LogP contribution >= 0.6 is 0 Å². The summed E-state index contributed by atoms with van der Waals surface area (Å²) >= 11 is 0. The lowest BCUT2D eigenvalue weighted by atomic mass is 9.90. The molecule has 0 aliphatic carbocycles. The van der Waals surface area contributed by atoms with Crippen LogP contribution in [0.4, 0.5) is 5.69 Å². The molecule has 1 N–H and O–H groups in total. The first-order valence-electron chi connectivity index (χ1n) is 10.6. The van der Waals surface area contributed by atoms with Gasteiger partial charge < -0.3 is 10.2 Å². The highest BCUT2D eigenvalue weighted by molar-refractivity contribution is 7.89. The van der Waals surface area contributed by atoms with E-state index in [1.54, 1.807) is 32.0 Å². The van der Waals surface area contributed by atoms with Crippen LogP contribution in [0.3, 0.4) is 0 Å². The highest BCUT2D eigenvalue weighted by Crippen LogP contribution is 2.27. The fourth-order valence-electron chi connectivity index (χ4n) is 3.66. The number of benzene rings is 1. The second-order valence-electron chi connectivity index (χ2n) is 8.87. The molecule has 1 aliphatic rings. The van der Waals surface area contributed by atoms with Gasteiger partial charge in [0.15, 0.2) is 0 Å². The van der Waals surface area contributed by atoms with Crippen LogP contribution in [0, 0.1) is 18.3 Å². The molecule has 1 fully saturated rings. The van der Waals surface area contributed by atoms with Crippen LogP contribution in [0.5, 0.6) is 0 Å². The molecule has 1 saturated heterocycles. The molecule has 168 valence electrons. The minimum atomic E-state index is -3.59. The summed E-state index contributed by atoms with van der Waals surface area (Å²) in [6.07, 6.45) is 1.20. The number of hydrogen-bond donors (Lipinski definition) is 1. The van der Waals surface area contributed by atoms with E-state index in [-0.39, 0.29) is 22.6 Å². The molecule has 0 radical (unpaired) electrons. The van der Waals surface area contributed by atoms with Gasteiger partial charge in [-0.15, -0.1) is 0 Å². The molecule has 0 aromatic heterocycles. The van der Waals surface area contributed by atoms with Gasteiger partial charge >= 0.3 is 0 Å². The van der Waals surface area contributed by atoms with Crippen molar-refractivity contribution in [2.75, 3.05) is 31.5 Å². The van der Waals surface area contributed by atoms with Crippen LogP contribution in [0.25, 0.3) is 0 Å². The summed E-state index contributed by atoms with van der Waals surface area (Å²) in [5, 5.41) is 2.92. The Kier molecular flexibility index (Phi) is 7.69. The van der Waals surface area contributed by atoms with Crippen molar-refractivity contribution in [2.24, 2.45) is 11.3 Å². The van der Waals surface area contributed by atoms with Gasteiger partial charge in [0, 0.05) is 43.2 Å². The Bertz CT molecular complexity index is 878. The van der Waals surface area contributed by atoms with Gasteiger partial charge in [-0.25, -0.2) is 8.42 Å². The number of amides is 2. The average molecular weight is 438 g/mol. The number of rotatable bonds is 6. The molecule has 0 saturated carbocycles. The number of anilines is 1. The minimum absolute atomic E-state index is 0.103. The Balaban J connectivity index is 2.10. The van der Waals surface area contributed by atoms with E-state index in [9.17, 15) is 18.0 Å². The number of likely N-dealkylation sites (tertiary alicyclic amines) is 1. The number of nitrogens with one attached hydrogen (secondary N) is 1. The lowest BCUT2D eigenvalue weighted by molar-refractivity contribution is -0.142. The molecule has 1 aliphatic heterocycles. The quantitative estimate of drug-likeness (QED) is 0.740. The van der Waals surface area contributed by atoms with Crippen LogP contribution in [-0.2, 0) is 19.6 Å². The van der Waals surface area contributed by atoms with E-state index in [0.717, 1.165) is 5.56 Å². The number of sulfonamides is 1. The first-order valence-corrected chi connectivity index (χ1v) is 12.1. The summed E-state index contributed by atoms with van der Waals surface area (Å²) in [5.74, 6) is -0.221. The summed E-state index contributed by atoms with van der Waals surface area (Å²) in [4.78, 5) is 27.3. The molecule has 0 spiro atoms. The predicted octanol–water partition coefficient (Wildman–Crippen LogP) is 3.25. The standard InChI is InChI=1S/C22H35N3O4S/c1-7-25(8-2)30(28,29)18-10-9-16(3)19(15-18)23-20(26)17-11-13-24(14-12-17)21(27)22(4,5)6/h9-10,15,17H,7-8,11-14H2,1-6H3,(H,23,26). The van der Waals surface area contributed by atoms with Gasteiger partial charge in [-0.05, 0) is 37.5 Å². The van der Waals surface area contributed by atoms with Crippen molar-refractivity contribution in [1.82, 2.24) is 9.21 Å². The highest BCUT2D eigenvalue weighted by Gasteiger charge is 2.32. The smallest absolute Gasteiger partial charge is 0.243 e. The number of carbonyl (C=O) groups is 2. The van der Waals surface area contributed by atoms with Gasteiger partial charge in [-0.2, -0.15) is 4.31 Å². The molecule has 0 bridgehead atoms. The van der Waals surface area contributed by atoms with Crippen molar-refractivity contribution in [1.29, 1.82) is 0 Å². The molecule has 1 heterocycles. The first kappa shape index (κ1) is 24.3. The van der Waals surface area contributed by atoms with E-state index < -0.39 is 15.4 Å². The van der Waals surface area contributed by atoms with E-state index >= 15 is 0 Å². The van der Waals surface area contributed by atoms with Crippen molar-refractivity contribution in [3.8, 4) is 0 Å². The molecule has 1 aromatic rings. The Morgan fingerprint density at radius 1 is 1.13 bits per heavy atom. The lowest BCUT2D eigenvalue weighted by Gasteiger charge is -2.35. The van der Waals surface area contributed by atoms with Crippen molar-refractivity contribution in [3.05, 3.63) is 23.8 Å². The number of hydrogen-bond acceptors (Lipinski definition) is 4. The molecule has 8 heteroatoms. The zero-order valence-corrected chi connectivity index (χ0v) is 19.8. The molecule has 0 atom stereocenters. The van der Waals surface area contributed by atoms with Crippen LogP contribution in [0.1, 0.15) is 53.0 Å². The summed E-state index contributed by atoms with van der Waals surface area (Å²) in [6.45, 7) is 13.0. The monoisotopic (exact) mass is 437 g/mol. The SMILES string of the molecule is CCN(CC)S(=O)(=O)c1ccc(C)c(NC(=O)C2CCN(C(=O)C(C)(C)C)CC2)c1. The maximum atomic E-state index is 12.8. The van der Waals surface area contributed by atoms with Gasteiger partial charge in [0.2, 0.25) is 21.8 Å². The van der Waals surface area contributed by atoms with Crippen LogP contribution < -0.4 is 5.32 Å². The molecule has 7 nitrogen and oxygen atoms in total. The maximum Gasteiger partial charge on any atom is 0.243 e. The molecular formula is C22H35N3O4S. The molecular weight excluding hydrogens is 402 g/mol. The Morgan fingerprint density at radius 2 is 1.70 bits per heavy atom. The summed E-state index contributed by atoms with van der Waals surface area (Å²) in [7, 11) is -3.59. The van der Waals surface area contributed by atoms with Crippen molar-refractivity contribution in [3.63, 3.8) is 0 Å². The van der Waals surface area contributed by atoms with Gasteiger partial charge in [0.25, 0.3) is 0 Å². The third-order valence-electron chi connectivity index (χ3n) is 5.60. The highest BCUT2D eigenvalue weighted by atomic mass is 32.2. The van der Waals surface area contributed by atoms with E-state index in [0.29, 0.717) is 44.7 Å². The Labute approximate surface area is 180 Å².